The van der Waals surface area contributed by atoms with E-state index in [1.807, 2.05) is 18.2 Å². The molecule has 2 rings (SSSR count). The summed E-state index contributed by atoms with van der Waals surface area (Å²) in [6.45, 7) is 1.19. The molecular formula is C10H10NO2. The second-order valence-electron chi connectivity index (χ2n) is 2.86. The van der Waals surface area contributed by atoms with Crippen molar-refractivity contribution in [3.05, 3.63) is 35.9 Å². The number of hydrogen-bond acceptors (Lipinski definition) is 2. The van der Waals surface area contributed by atoms with Crippen LogP contribution >= 0.6 is 0 Å². The second kappa shape index (κ2) is 3.68. The van der Waals surface area contributed by atoms with Crippen molar-refractivity contribution in [3.63, 3.8) is 0 Å². The molecule has 3 nitrogen and oxygen atoms in total. The van der Waals surface area contributed by atoms with Crippen LogP contribution in [0.2, 0.25) is 0 Å². The summed E-state index contributed by atoms with van der Waals surface area (Å²) >= 11 is 0. The van der Waals surface area contributed by atoms with Crippen molar-refractivity contribution in [1.29, 1.82) is 0 Å². The number of ether oxygens (including phenoxy) is 1. The molecule has 1 aliphatic rings. The first kappa shape index (κ1) is 8.41. The van der Waals surface area contributed by atoms with E-state index in [2.05, 4.69) is 5.32 Å². The Kier molecular flexibility index (Phi) is 2.38. The molecule has 1 atom stereocenters. The number of nitrogens with zero attached hydrogens (tertiary/aromatic N) is 1. The SMILES string of the molecule is O=C(c1ccccc1)C1[N]CCO1. The summed E-state index contributed by atoms with van der Waals surface area (Å²) in [5, 5.41) is 4.04. The molecule has 67 valence electrons. The largest absolute Gasteiger partial charge is 0.353 e. The molecule has 1 heterocycles. The Balaban J connectivity index is 2.13. The molecule has 1 fully saturated rings. The topological polar surface area (TPSA) is 40.4 Å². The van der Waals surface area contributed by atoms with Gasteiger partial charge in [0, 0.05) is 12.1 Å². The summed E-state index contributed by atoms with van der Waals surface area (Å²) in [6.07, 6.45) is -0.567. The van der Waals surface area contributed by atoms with E-state index in [-0.39, 0.29) is 5.78 Å². The zero-order valence-electron chi connectivity index (χ0n) is 7.14. The Labute approximate surface area is 76.7 Å². The van der Waals surface area contributed by atoms with E-state index in [0.29, 0.717) is 18.7 Å². The van der Waals surface area contributed by atoms with Crippen molar-refractivity contribution >= 4 is 5.78 Å². The first-order valence-electron chi connectivity index (χ1n) is 4.25. The highest BCUT2D eigenvalue weighted by molar-refractivity contribution is 5.99. The molecule has 3 heteroatoms. The highest BCUT2D eigenvalue weighted by atomic mass is 16.5. The minimum atomic E-state index is -0.567. The van der Waals surface area contributed by atoms with Gasteiger partial charge >= 0.3 is 0 Å². The summed E-state index contributed by atoms with van der Waals surface area (Å²) in [7, 11) is 0. The Morgan fingerprint density at radius 2 is 2.15 bits per heavy atom. The molecule has 0 bridgehead atoms. The van der Waals surface area contributed by atoms with Gasteiger partial charge in [-0.05, 0) is 0 Å². The van der Waals surface area contributed by atoms with E-state index >= 15 is 0 Å². The molecule has 1 radical (unpaired) electrons. The minimum Gasteiger partial charge on any atom is -0.353 e. The lowest BCUT2D eigenvalue weighted by Crippen LogP contribution is -2.26. The Hall–Kier alpha value is -1.19. The maximum absolute atomic E-state index is 11.6. The summed E-state index contributed by atoms with van der Waals surface area (Å²) in [4.78, 5) is 11.6. The van der Waals surface area contributed by atoms with Crippen LogP contribution in [0.4, 0.5) is 0 Å². The van der Waals surface area contributed by atoms with Gasteiger partial charge in [0.25, 0.3) is 0 Å². The van der Waals surface area contributed by atoms with Gasteiger partial charge in [-0.2, -0.15) is 0 Å². The molecule has 0 aliphatic carbocycles. The van der Waals surface area contributed by atoms with Crippen molar-refractivity contribution in [2.24, 2.45) is 0 Å². The van der Waals surface area contributed by atoms with Gasteiger partial charge in [-0.25, -0.2) is 5.32 Å². The van der Waals surface area contributed by atoms with Crippen LogP contribution in [0.1, 0.15) is 10.4 Å². The molecule has 0 N–H and O–H groups in total. The normalized spacial score (nSPS) is 21.7. The zero-order valence-corrected chi connectivity index (χ0v) is 7.14. The van der Waals surface area contributed by atoms with E-state index < -0.39 is 6.23 Å². The van der Waals surface area contributed by atoms with Crippen molar-refractivity contribution in [1.82, 2.24) is 5.32 Å². The third-order valence-corrected chi connectivity index (χ3v) is 1.94. The van der Waals surface area contributed by atoms with E-state index in [4.69, 9.17) is 4.74 Å². The number of carbonyl (C=O) groups excluding carboxylic acids is 1. The maximum atomic E-state index is 11.6. The van der Waals surface area contributed by atoms with Gasteiger partial charge < -0.3 is 4.74 Å². The number of ketones is 1. The van der Waals surface area contributed by atoms with Crippen LogP contribution in [0.3, 0.4) is 0 Å². The summed E-state index contributed by atoms with van der Waals surface area (Å²) in [5.41, 5.74) is 0.665. The number of carbonyl (C=O) groups is 1. The molecule has 1 aliphatic heterocycles. The maximum Gasteiger partial charge on any atom is 0.207 e. The van der Waals surface area contributed by atoms with Gasteiger partial charge in [-0.3, -0.25) is 4.79 Å². The average Bonchev–Trinajstić information content (AvgIpc) is 2.71. The third kappa shape index (κ3) is 1.76. The summed E-state index contributed by atoms with van der Waals surface area (Å²) < 4.78 is 5.15. The number of Topliss-reactive ketones (excluding diaryl/α,β-unsaturated/α-hetero) is 1. The molecule has 13 heavy (non-hydrogen) atoms. The van der Waals surface area contributed by atoms with Crippen LogP contribution < -0.4 is 5.32 Å². The highest BCUT2D eigenvalue weighted by Crippen LogP contribution is 2.07. The third-order valence-electron chi connectivity index (χ3n) is 1.94. The van der Waals surface area contributed by atoms with Crippen LogP contribution in [0.5, 0.6) is 0 Å². The van der Waals surface area contributed by atoms with Gasteiger partial charge in [0.15, 0.2) is 6.23 Å². The fourth-order valence-corrected chi connectivity index (χ4v) is 1.29. The van der Waals surface area contributed by atoms with Crippen LogP contribution in [0.15, 0.2) is 30.3 Å². The smallest absolute Gasteiger partial charge is 0.207 e. The van der Waals surface area contributed by atoms with Gasteiger partial charge in [0.2, 0.25) is 5.78 Å². The predicted octanol–water partition coefficient (Wildman–Crippen LogP) is 0.830. The average molecular weight is 176 g/mol. The van der Waals surface area contributed by atoms with E-state index in [9.17, 15) is 4.79 Å². The quantitative estimate of drug-likeness (QED) is 0.626. The zero-order chi connectivity index (χ0) is 9.10. The van der Waals surface area contributed by atoms with Crippen molar-refractivity contribution in [3.8, 4) is 0 Å². The van der Waals surface area contributed by atoms with E-state index in [1.54, 1.807) is 12.1 Å². The Morgan fingerprint density at radius 3 is 2.77 bits per heavy atom. The van der Waals surface area contributed by atoms with Crippen molar-refractivity contribution in [2.45, 2.75) is 6.23 Å². The summed E-state index contributed by atoms with van der Waals surface area (Å²) in [6, 6.07) is 9.10. The van der Waals surface area contributed by atoms with Crippen LogP contribution in [-0.4, -0.2) is 25.2 Å². The Morgan fingerprint density at radius 1 is 1.38 bits per heavy atom. The lowest BCUT2D eigenvalue weighted by molar-refractivity contribution is 0.0599. The number of hydrogen-bond donors (Lipinski definition) is 0. The second-order valence-corrected chi connectivity index (χ2v) is 2.86. The lowest BCUT2D eigenvalue weighted by Gasteiger charge is -2.06. The van der Waals surface area contributed by atoms with Gasteiger partial charge in [-0.15, -0.1) is 0 Å². The Bertz CT molecular complexity index is 291. The standard InChI is InChI=1S/C10H10NO2/c12-9(10-11-6-7-13-10)8-4-2-1-3-5-8/h1-5,10H,6-7H2. The predicted molar refractivity (Wildman–Crippen MR) is 47.5 cm³/mol. The molecule has 1 aromatic carbocycles. The highest BCUT2D eigenvalue weighted by Gasteiger charge is 2.24. The van der Waals surface area contributed by atoms with Gasteiger partial charge in [0.05, 0.1) is 6.61 Å². The molecular weight excluding hydrogens is 166 g/mol. The van der Waals surface area contributed by atoms with Crippen molar-refractivity contribution in [2.75, 3.05) is 13.2 Å². The fourth-order valence-electron chi connectivity index (χ4n) is 1.29. The molecule has 1 unspecified atom stereocenters. The monoisotopic (exact) mass is 176 g/mol. The van der Waals surface area contributed by atoms with Gasteiger partial charge in [-0.1, -0.05) is 30.3 Å². The van der Waals surface area contributed by atoms with Crippen LogP contribution in [-0.2, 0) is 4.74 Å². The molecule has 0 amide bonds. The summed E-state index contributed by atoms with van der Waals surface area (Å²) in [5.74, 6) is -0.0434. The van der Waals surface area contributed by atoms with Crippen LogP contribution in [0, 0.1) is 0 Å². The molecule has 0 aromatic heterocycles. The number of rotatable bonds is 2. The van der Waals surface area contributed by atoms with E-state index in [1.165, 1.54) is 0 Å². The van der Waals surface area contributed by atoms with E-state index in [0.717, 1.165) is 0 Å². The molecule has 0 spiro atoms. The molecule has 0 saturated carbocycles. The molecule has 1 aromatic rings. The fraction of sp³-hybridized carbons (Fsp3) is 0.300. The lowest BCUT2D eigenvalue weighted by atomic mass is 10.1. The van der Waals surface area contributed by atoms with Crippen LogP contribution in [0.25, 0.3) is 0 Å². The first-order valence-corrected chi connectivity index (χ1v) is 4.25. The first-order chi connectivity index (χ1) is 6.38. The van der Waals surface area contributed by atoms with Gasteiger partial charge in [0.1, 0.15) is 0 Å². The minimum absolute atomic E-state index is 0.0434. The number of benzene rings is 1. The van der Waals surface area contributed by atoms with Crippen molar-refractivity contribution < 1.29 is 9.53 Å². The molecule has 1 saturated heterocycles.